The number of sulfonamides is 1. The van der Waals surface area contributed by atoms with Crippen LogP contribution in [0.25, 0.3) is 0 Å². The average molecular weight is 733 g/mol. The molecule has 0 aromatic heterocycles. The second-order valence-electron chi connectivity index (χ2n) is 12.0. The van der Waals surface area contributed by atoms with E-state index in [2.05, 4.69) is 21.2 Å². The molecule has 48 heavy (non-hydrogen) atoms. The molecule has 5 rings (SSSR count). The van der Waals surface area contributed by atoms with Gasteiger partial charge in [-0.1, -0.05) is 95.9 Å². The maximum atomic E-state index is 14.7. The number of ether oxygens (including phenoxy) is 1. The number of halogens is 1. The van der Waals surface area contributed by atoms with Crippen LogP contribution in [-0.2, 0) is 32.6 Å². The van der Waals surface area contributed by atoms with Crippen molar-refractivity contribution >= 4 is 43.5 Å². The summed E-state index contributed by atoms with van der Waals surface area (Å²) < 4.78 is 35.9. The van der Waals surface area contributed by atoms with E-state index >= 15 is 0 Å². The third-order valence-electron chi connectivity index (χ3n) is 8.51. The lowest BCUT2D eigenvalue weighted by atomic mass is 9.94. The fourth-order valence-electron chi connectivity index (χ4n) is 6.05. The van der Waals surface area contributed by atoms with E-state index in [1.807, 2.05) is 61.5 Å². The molecule has 1 saturated carbocycles. The van der Waals surface area contributed by atoms with Gasteiger partial charge in [0, 0.05) is 23.5 Å². The number of anilines is 1. The number of rotatable bonds is 14. The predicted octanol–water partition coefficient (Wildman–Crippen LogP) is 7.13. The summed E-state index contributed by atoms with van der Waals surface area (Å²) in [5.74, 6) is -0.154. The molecule has 0 radical (unpaired) electrons. The summed E-state index contributed by atoms with van der Waals surface area (Å²) in [6, 6.07) is 31.0. The monoisotopic (exact) mass is 731 g/mol. The van der Waals surface area contributed by atoms with Gasteiger partial charge in [0.25, 0.3) is 10.0 Å². The van der Waals surface area contributed by atoms with E-state index in [4.69, 9.17) is 4.74 Å². The second kappa shape index (κ2) is 16.8. The van der Waals surface area contributed by atoms with Gasteiger partial charge in [0.05, 0.1) is 17.2 Å². The normalized spacial score (nSPS) is 14.1. The highest BCUT2D eigenvalue weighted by Crippen LogP contribution is 2.27. The Kier molecular flexibility index (Phi) is 12.3. The summed E-state index contributed by atoms with van der Waals surface area (Å²) in [4.78, 5) is 30.5. The molecule has 0 aliphatic heterocycles. The Morgan fingerprint density at radius 2 is 1.50 bits per heavy atom. The molecule has 1 aliphatic rings. The van der Waals surface area contributed by atoms with Crippen LogP contribution < -0.4 is 14.4 Å². The SMILES string of the molecule is CCOc1ccc(N(CC(=O)N(Cc2cccc(Br)c2)[C@@H](Cc2ccccc2)C(=O)NC2CCCCC2)S(=O)(=O)c2ccccc2)cc1. The van der Waals surface area contributed by atoms with Crippen LogP contribution in [0.15, 0.2) is 119 Å². The predicted molar refractivity (Wildman–Crippen MR) is 192 cm³/mol. The van der Waals surface area contributed by atoms with Crippen LogP contribution in [0.1, 0.15) is 50.2 Å². The summed E-state index contributed by atoms with van der Waals surface area (Å²) in [6.07, 6.45) is 5.29. The zero-order valence-electron chi connectivity index (χ0n) is 27.1. The molecule has 0 spiro atoms. The average Bonchev–Trinajstić information content (AvgIpc) is 3.10. The van der Waals surface area contributed by atoms with Crippen molar-refractivity contribution in [2.24, 2.45) is 0 Å². The van der Waals surface area contributed by atoms with Gasteiger partial charge in [-0.25, -0.2) is 8.42 Å². The summed E-state index contributed by atoms with van der Waals surface area (Å²) in [5, 5.41) is 3.24. The first kappa shape index (κ1) is 35.2. The van der Waals surface area contributed by atoms with Gasteiger partial charge < -0.3 is 15.0 Å². The van der Waals surface area contributed by atoms with Crippen molar-refractivity contribution in [3.05, 3.63) is 125 Å². The standard InChI is InChI=1S/C38H42BrN3O5S/c1-2-47-34-23-21-33(22-24-34)42(48(45,46)35-19-10-5-11-20-35)28-37(43)41(27-30-15-12-16-31(39)25-30)36(26-29-13-6-3-7-14-29)38(44)40-32-17-8-4-9-18-32/h3,5-7,10-16,19-25,32,36H,2,4,8-9,17-18,26-28H2,1H3,(H,40,44)/t36-/m0/s1. The maximum Gasteiger partial charge on any atom is 0.264 e. The molecule has 252 valence electrons. The molecular formula is C38H42BrN3O5S. The smallest absolute Gasteiger partial charge is 0.264 e. The number of hydrogen-bond acceptors (Lipinski definition) is 5. The number of nitrogens with one attached hydrogen (secondary N) is 1. The van der Waals surface area contributed by atoms with E-state index in [1.165, 1.54) is 17.0 Å². The number of nitrogens with zero attached hydrogens (tertiary/aromatic N) is 2. The van der Waals surface area contributed by atoms with Crippen molar-refractivity contribution in [2.45, 2.75) is 69.0 Å². The van der Waals surface area contributed by atoms with E-state index < -0.39 is 28.5 Å². The van der Waals surface area contributed by atoms with E-state index in [-0.39, 0.29) is 29.8 Å². The largest absolute Gasteiger partial charge is 0.494 e. The molecule has 8 nitrogen and oxygen atoms in total. The van der Waals surface area contributed by atoms with Crippen LogP contribution in [-0.4, -0.2) is 50.4 Å². The summed E-state index contributed by atoms with van der Waals surface area (Å²) >= 11 is 3.53. The highest BCUT2D eigenvalue weighted by atomic mass is 79.9. The third-order valence-corrected chi connectivity index (χ3v) is 10.8. The van der Waals surface area contributed by atoms with E-state index in [0.29, 0.717) is 18.0 Å². The van der Waals surface area contributed by atoms with Gasteiger partial charge in [0.15, 0.2) is 0 Å². The summed E-state index contributed by atoms with van der Waals surface area (Å²) in [5.41, 5.74) is 2.01. The van der Waals surface area contributed by atoms with Crippen molar-refractivity contribution in [1.82, 2.24) is 10.2 Å². The highest BCUT2D eigenvalue weighted by Gasteiger charge is 2.35. The van der Waals surface area contributed by atoms with Gasteiger partial charge in [-0.3, -0.25) is 13.9 Å². The van der Waals surface area contributed by atoms with Crippen LogP contribution in [0.2, 0.25) is 0 Å². The molecule has 1 N–H and O–H groups in total. The molecule has 4 aromatic carbocycles. The van der Waals surface area contributed by atoms with Crippen LogP contribution in [0.3, 0.4) is 0 Å². The lowest BCUT2D eigenvalue weighted by Gasteiger charge is -2.35. The second-order valence-corrected chi connectivity index (χ2v) is 14.7. The first-order valence-electron chi connectivity index (χ1n) is 16.4. The lowest BCUT2D eigenvalue weighted by Crippen LogP contribution is -2.55. The fourth-order valence-corrected chi connectivity index (χ4v) is 7.94. The first-order valence-corrected chi connectivity index (χ1v) is 18.7. The molecule has 1 fully saturated rings. The van der Waals surface area contributed by atoms with Crippen LogP contribution in [0.4, 0.5) is 5.69 Å². The van der Waals surface area contributed by atoms with Gasteiger partial charge in [-0.2, -0.15) is 0 Å². The Hall–Kier alpha value is -4.15. The Bertz CT molecular complexity index is 1750. The molecular weight excluding hydrogens is 690 g/mol. The quantitative estimate of drug-likeness (QED) is 0.149. The Morgan fingerprint density at radius 3 is 2.15 bits per heavy atom. The molecule has 0 unspecified atom stereocenters. The molecule has 0 bridgehead atoms. The molecule has 4 aromatic rings. The fraction of sp³-hybridized carbons (Fsp3) is 0.316. The van der Waals surface area contributed by atoms with Gasteiger partial charge in [-0.05, 0) is 79.4 Å². The Morgan fingerprint density at radius 1 is 0.854 bits per heavy atom. The van der Waals surface area contributed by atoms with Crippen LogP contribution in [0, 0.1) is 0 Å². The van der Waals surface area contributed by atoms with Gasteiger partial charge >= 0.3 is 0 Å². The topological polar surface area (TPSA) is 96.0 Å². The third kappa shape index (κ3) is 9.26. The van der Waals surface area contributed by atoms with Gasteiger partial charge in [-0.15, -0.1) is 0 Å². The van der Waals surface area contributed by atoms with Crippen molar-refractivity contribution in [3.63, 3.8) is 0 Å². The molecule has 2 amide bonds. The van der Waals surface area contributed by atoms with E-state index in [1.54, 1.807) is 42.5 Å². The minimum absolute atomic E-state index is 0.0335. The number of hydrogen-bond donors (Lipinski definition) is 1. The van der Waals surface area contributed by atoms with Gasteiger partial charge in [0.2, 0.25) is 11.8 Å². The lowest BCUT2D eigenvalue weighted by molar-refractivity contribution is -0.140. The zero-order chi connectivity index (χ0) is 33.9. The Balaban J connectivity index is 1.55. The number of benzene rings is 4. The minimum atomic E-state index is -4.18. The van der Waals surface area contributed by atoms with Crippen LogP contribution in [0.5, 0.6) is 5.75 Å². The van der Waals surface area contributed by atoms with Crippen molar-refractivity contribution in [3.8, 4) is 5.75 Å². The number of carbonyl (C=O) groups excluding carboxylic acids is 2. The first-order chi connectivity index (χ1) is 23.2. The highest BCUT2D eigenvalue weighted by molar-refractivity contribution is 9.10. The molecule has 0 saturated heterocycles. The number of amides is 2. The van der Waals surface area contributed by atoms with Crippen molar-refractivity contribution in [2.75, 3.05) is 17.5 Å². The summed E-state index contributed by atoms with van der Waals surface area (Å²) in [6.45, 7) is 1.92. The number of carbonyl (C=O) groups is 2. The Labute approximate surface area is 292 Å². The molecule has 1 aliphatic carbocycles. The van der Waals surface area contributed by atoms with Gasteiger partial charge in [0.1, 0.15) is 18.3 Å². The molecule has 0 heterocycles. The maximum absolute atomic E-state index is 14.7. The molecule has 10 heteroatoms. The minimum Gasteiger partial charge on any atom is -0.494 e. The van der Waals surface area contributed by atoms with E-state index in [0.717, 1.165) is 52.0 Å². The van der Waals surface area contributed by atoms with Crippen LogP contribution >= 0.6 is 15.9 Å². The van der Waals surface area contributed by atoms with Crippen molar-refractivity contribution < 1.29 is 22.7 Å². The van der Waals surface area contributed by atoms with E-state index in [9.17, 15) is 18.0 Å². The molecule has 1 atom stereocenters. The van der Waals surface area contributed by atoms with Crippen molar-refractivity contribution in [1.29, 1.82) is 0 Å². The summed E-state index contributed by atoms with van der Waals surface area (Å²) in [7, 11) is -4.18. The zero-order valence-corrected chi connectivity index (χ0v) is 29.5.